The molecule has 1 aliphatic heterocycles. The van der Waals surface area contributed by atoms with E-state index < -0.39 is 11.7 Å². The summed E-state index contributed by atoms with van der Waals surface area (Å²) in [6, 6.07) is 3.83. The summed E-state index contributed by atoms with van der Waals surface area (Å²) in [4.78, 5) is 6.70. The molecule has 4 heteroatoms. The highest BCUT2D eigenvalue weighted by molar-refractivity contribution is 5.42. The predicted octanol–water partition coefficient (Wildman–Crippen LogP) is 2.27. The number of aromatic nitrogens is 1. The minimum absolute atomic E-state index is 0.363. The lowest BCUT2D eigenvalue weighted by Gasteiger charge is -2.47. The van der Waals surface area contributed by atoms with Crippen LogP contribution in [0, 0.1) is 5.92 Å². The molecule has 1 saturated heterocycles. The van der Waals surface area contributed by atoms with E-state index in [0.29, 0.717) is 5.92 Å². The van der Waals surface area contributed by atoms with E-state index in [0.717, 1.165) is 50.2 Å². The summed E-state index contributed by atoms with van der Waals surface area (Å²) in [6.07, 6.45) is 6.57. The minimum Gasteiger partial charge on any atom is -0.389 e. The Morgan fingerprint density at radius 2 is 2.25 bits per heavy atom. The third kappa shape index (κ3) is 2.54. The number of pyridine rings is 1. The fourth-order valence-corrected chi connectivity index (χ4v) is 3.65. The number of hydrogen-bond acceptors (Lipinski definition) is 4. The summed E-state index contributed by atoms with van der Waals surface area (Å²) in [5.41, 5.74) is 0.455. The van der Waals surface area contributed by atoms with Crippen molar-refractivity contribution in [3.8, 4) is 0 Å². The Hall–Kier alpha value is -1.13. The zero-order valence-electron chi connectivity index (χ0n) is 12.1. The van der Waals surface area contributed by atoms with Gasteiger partial charge in [0.15, 0.2) is 0 Å². The molecule has 3 rings (SSSR count). The molecule has 0 bridgehead atoms. The molecule has 1 aromatic rings. The Labute approximate surface area is 120 Å². The molecule has 0 aromatic carbocycles. The molecular formula is C16H24N2O2. The van der Waals surface area contributed by atoms with E-state index in [-0.39, 0.29) is 0 Å². The van der Waals surface area contributed by atoms with Crippen LogP contribution in [0.3, 0.4) is 0 Å². The molecular weight excluding hydrogens is 252 g/mol. The van der Waals surface area contributed by atoms with Gasteiger partial charge in [0.25, 0.3) is 0 Å². The highest BCUT2D eigenvalue weighted by Gasteiger charge is 2.42. The van der Waals surface area contributed by atoms with E-state index in [4.69, 9.17) is 0 Å². The molecule has 1 aliphatic carbocycles. The second-order valence-electron chi connectivity index (χ2n) is 6.37. The molecule has 2 heterocycles. The van der Waals surface area contributed by atoms with E-state index in [2.05, 4.69) is 9.88 Å². The summed E-state index contributed by atoms with van der Waals surface area (Å²) in [7, 11) is 0. The van der Waals surface area contributed by atoms with Crippen molar-refractivity contribution in [1.29, 1.82) is 0 Å². The number of piperidine rings is 1. The maximum absolute atomic E-state index is 10.7. The van der Waals surface area contributed by atoms with Gasteiger partial charge in [-0.2, -0.15) is 0 Å². The van der Waals surface area contributed by atoms with Crippen LogP contribution in [0.25, 0.3) is 0 Å². The van der Waals surface area contributed by atoms with Crippen molar-refractivity contribution in [3.63, 3.8) is 0 Å². The predicted molar refractivity (Wildman–Crippen MR) is 78.6 cm³/mol. The van der Waals surface area contributed by atoms with Gasteiger partial charge in [-0.15, -0.1) is 0 Å². The topological polar surface area (TPSA) is 56.6 Å². The van der Waals surface area contributed by atoms with Crippen molar-refractivity contribution in [2.75, 3.05) is 18.0 Å². The average Bonchev–Trinajstić information content (AvgIpc) is 2.46. The van der Waals surface area contributed by atoms with Crippen molar-refractivity contribution >= 4 is 5.82 Å². The average molecular weight is 276 g/mol. The van der Waals surface area contributed by atoms with Crippen LogP contribution in [-0.4, -0.2) is 33.9 Å². The van der Waals surface area contributed by atoms with Gasteiger partial charge >= 0.3 is 0 Å². The Kier molecular flexibility index (Phi) is 3.69. The third-order valence-corrected chi connectivity index (χ3v) is 5.00. The van der Waals surface area contributed by atoms with Crippen LogP contribution in [0.15, 0.2) is 18.3 Å². The Morgan fingerprint density at radius 3 is 3.05 bits per heavy atom. The summed E-state index contributed by atoms with van der Waals surface area (Å²) >= 11 is 0. The SMILES string of the molecule is C[C@H](O)c1ccnc(N2CCC3(O)CCCCC3C2)c1. The molecule has 3 atom stereocenters. The lowest BCUT2D eigenvalue weighted by atomic mass is 9.71. The number of nitrogens with zero attached hydrogens (tertiary/aromatic N) is 2. The quantitative estimate of drug-likeness (QED) is 0.870. The first-order valence-corrected chi connectivity index (χ1v) is 7.70. The van der Waals surface area contributed by atoms with Gasteiger partial charge in [0, 0.05) is 25.2 Å². The lowest BCUT2D eigenvalue weighted by Crippen LogP contribution is -2.53. The molecule has 4 nitrogen and oxygen atoms in total. The zero-order chi connectivity index (χ0) is 14.2. The van der Waals surface area contributed by atoms with Gasteiger partial charge in [0.2, 0.25) is 0 Å². The fraction of sp³-hybridized carbons (Fsp3) is 0.688. The largest absolute Gasteiger partial charge is 0.389 e. The van der Waals surface area contributed by atoms with Crippen LogP contribution >= 0.6 is 0 Å². The van der Waals surface area contributed by atoms with Gasteiger partial charge in [-0.05, 0) is 43.9 Å². The fourth-order valence-electron chi connectivity index (χ4n) is 3.65. The molecule has 0 amide bonds. The van der Waals surface area contributed by atoms with Crippen LogP contribution in [0.5, 0.6) is 0 Å². The molecule has 1 aromatic heterocycles. The normalized spacial score (nSPS) is 31.8. The van der Waals surface area contributed by atoms with Gasteiger partial charge < -0.3 is 15.1 Å². The second-order valence-corrected chi connectivity index (χ2v) is 6.37. The second kappa shape index (κ2) is 5.34. The molecule has 1 saturated carbocycles. The Bertz CT molecular complexity index is 477. The monoisotopic (exact) mass is 276 g/mol. The maximum Gasteiger partial charge on any atom is 0.128 e. The Balaban J connectivity index is 1.77. The molecule has 110 valence electrons. The summed E-state index contributed by atoms with van der Waals surface area (Å²) < 4.78 is 0. The van der Waals surface area contributed by atoms with Crippen molar-refractivity contribution in [1.82, 2.24) is 4.98 Å². The van der Waals surface area contributed by atoms with Gasteiger partial charge in [0.05, 0.1) is 11.7 Å². The van der Waals surface area contributed by atoms with Gasteiger partial charge in [-0.1, -0.05) is 12.8 Å². The first kappa shape index (κ1) is 13.8. The summed E-state index contributed by atoms with van der Waals surface area (Å²) in [6.45, 7) is 3.51. The number of hydrogen-bond donors (Lipinski definition) is 2. The number of rotatable bonds is 2. The highest BCUT2D eigenvalue weighted by atomic mass is 16.3. The highest BCUT2D eigenvalue weighted by Crippen LogP contribution is 2.40. The summed E-state index contributed by atoms with van der Waals surface area (Å²) in [5.74, 6) is 1.29. The number of aliphatic hydroxyl groups excluding tert-OH is 1. The van der Waals surface area contributed by atoms with Crippen molar-refractivity contribution < 1.29 is 10.2 Å². The van der Waals surface area contributed by atoms with E-state index in [1.54, 1.807) is 13.1 Å². The van der Waals surface area contributed by atoms with Crippen LogP contribution in [0.4, 0.5) is 5.82 Å². The molecule has 2 aliphatic rings. The van der Waals surface area contributed by atoms with Crippen molar-refractivity contribution in [2.45, 2.75) is 50.7 Å². The molecule has 0 radical (unpaired) electrons. The van der Waals surface area contributed by atoms with Gasteiger partial charge in [-0.3, -0.25) is 0 Å². The standard InChI is InChI=1S/C16H24N2O2/c1-12(19)13-5-8-17-15(10-13)18-9-7-16(20)6-3-2-4-14(16)11-18/h5,8,10,12,14,19-20H,2-4,6-7,9,11H2,1H3/t12-,14?,16?/m0/s1. The number of fused-ring (bicyclic) bond motifs is 1. The molecule has 2 fully saturated rings. The molecule has 20 heavy (non-hydrogen) atoms. The molecule has 2 unspecified atom stereocenters. The van der Waals surface area contributed by atoms with Gasteiger partial charge in [-0.25, -0.2) is 4.98 Å². The third-order valence-electron chi connectivity index (χ3n) is 5.00. The summed E-state index contributed by atoms with van der Waals surface area (Å²) in [5, 5.41) is 20.4. The van der Waals surface area contributed by atoms with E-state index in [9.17, 15) is 10.2 Å². The number of anilines is 1. The maximum atomic E-state index is 10.7. The van der Waals surface area contributed by atoms with Crippen molar-refractivity contribution in [2.24, 2.45) is 5.92 Å². The minimum atomic E-state index is -0.465. The number of aliphatic hydroxyl groups is 2. The lowest BCUT2D eigenvalue weighted by molar-refractivity contribution is -0.0613. The van der Waals surface area contributed by atoms with Crippen LogP contribution in [-0.2, 0) is 0 Å². The van der Waals surface area contributed by atoms with E-state index in [1.807, 2.05) is 12.1 Å². The van der Waals surface area contributed by atoms with Crippen LogP contribution in [0.2, 0.25) is 0 Å². The smallest absolute Gasteiger partial charge is 0.128 e. The van der Waals surface area contributed by atoms with Crippen molar-refractivity contribution in [3.05, 3.63) is 23.9 Å². The molecule has 2 N–H and O–H groups in total. The van der Waals surface area contributed by atoms with Crippen LogP contribution in [0.1, 0.15) is 50.7 Å². The van der Waals surface area contributed by atoms with E-state index in [1.165, 1.54) is 6.42 Å². The van der Waals surface area contributed by atoms with E-state index >= 15 is 0 Å². The first-order chi connectivity index (χ1) is 9.58. The molecule has 0 spiro atoms. The van der Waals surface area contributed by atoms with Gasteiger partial charge in [0.1, 0.15) is 5.82 Å². The first-order valence-electron chi connectivity index (χ1n) is 7.70. The Morgan fingerprint density at radius 1 is 1.40 bits per heavy atom. The zero-order valence-corrected chi connectivity index (χ0v) is 12.1. The van der Waals surface area contributed by atoms with Crippen LogP contribution < -0.4 is 4.90 Å².